The highest BCUT2D eigenvalue weighted by atomic mass is 19.1. The lowest BCUT2D eigenvalue weighted by Crippen LogP contribution is -2.30. The lowest BCUT2D eigenvalue weighted by atomic mass is 9.87. The van der Waals surface area contributed by atoms with Crippen LogP contribution in [0.2, 0.25) is 0 Å². The molecule has 0 aliphatic heterocycles. The van der Waals surface area contributed by atoms with Gasteiger partial charge in [0.1, 0.15) is 19.0 Å². The Labute approximate surface area is 147 Å². The second-order valence-electron chi connectivity index (χ2n) is 6.76. The highest BCUT2D eigenvalue weighted by molar-refractivity contribution is 5.95. The zero-order valence-corrected chi connectivity index (χ0v) is 14.6. The van der Waals surface area contributed by atoms with Gasteiger partial charge in [0.25, 0.3) is 5.91 Å². The smallest absolute Gasteiger partial charge is 0.325 e. The monoisotopic (exact) mass is 343 g/mol. The normalized spacial score (nSPS) is 11.0. The number of rotatable bonds is 5. The summed E-state index contributed by atoms with van der Waals surface area (Å²) in [6, 6.07) is 13.3. The Morgan fingerprint density at radius 3 is 2.28 bits per heavy atom. The first-order valence-electron chi connectivity index (χ1n) is 8.05. The molecule has 0 aliphatic carbocycles. The van der Waals surface area contributed by atoms with E-state index in [0.717, 1.165) is 5.56 Å². The Morgan fingerprint density at radius 1 is 1.04 bits per heavy atom. The number of carbonyl (C=O) groups excluding carboxylic acids is 2. The fraction of sp³-hybridized carbons (Fsp3) is 0.300. The van der Waals surface area contributed by atoms with E-state index in [2.05, 4.69) is 26.1 Å². The van der Waals surface area contributed by atoms with Gasteiger partial charge in [-0.2, -0.15) is 0 Å². The van der Waals surface area contributed by atoms with E-state index in [-0.39, 0.29) is 24.5 Å². The molecule has 2 aromatic rings. The maximum atomic E-state index is 13.4. The van der Waals surface area contributed by atoms with Crippen LogP contribution in [0.25, 0.3) is 0 Å². The Balaban J connectivity index is 1.83. The number of amides is 1. The molecule has 0 radical (unpaired) electrons. The second-order valence-corrected chi connectivity index (χ2v) is 6.76. The highest BCUT2D eigenvalue weighted by Gasteiger charge is 2.15. The van der Waals surface area contributed by atoms with Crippen molar-refractivity contribution < 1.29 is 18.7 Å². The summed E-state index contributed by atoms with van der Waals surface area (Å²) in [6.45, 7) is 5.84. The molecule has 0 spiro atoms. The summed E-state index contributed by atoms with van der Waals surface area (Å²) in [5.74, 6) is -1.41. The third-order valence-corrected chi connectivity index (χ3v) is 3.75. The zero-order valence-electron chi connectivity index (χ0n) is 14.6. The van der Waals surface area contributed by atoms with Crippen LogP contribution < -0.4 is 5.32 Å². The van der Waals surface area contributed by atoms with Gasteiger partial charge < -0.3 is 10.1 Å². The molecule has 0 atom stereocenters. The van der Waals surface area contributed by atoms with Crippen molar-refractivity contribution in [1.29, 1.82) is 0 Å². The van der Waals surface area contributed by atoms with Crippen LogP contribution in [0.4, 0.5) is 4.39 Å². The molecule has 2 rings (SSSR count). The van der Waals surface area contributed by atoms with E-state index in [1.807, 2.05) is 12.1 Å². The van der Waals surface area contributed by atoms with Crippen molar-refractivity contribution >= 4 is 11.9 Å². The van der Waals surface area contributed by atoms with Gasteiger partial charge in [0, 0.05) is 11.1 Å². The van der Waals surface area contributed by atoms with Gasteiger partial charge in [0.15, 0.2) is 0 Å². The van der Waals surface area contributed by atoms with Gasteiger partial charge in [-0.05, 0) is 29.2 Å². The first-order valence-corrected chi connectivity index (χ1v) is 8.05. The minimum atomic E-state index is -0.622. The summed E-state index contributed by atoms with van der Waals surface area (Å²) >= 11 is 0. The Kier molecular flexibility index (Phi) is 5.91. The molecule has 1 amide bonds. The molecule has 0 fully saturated rings. The maximum Gasteiger partial charge on any atom is 0.325 e. The van der Waals surface area contributed by atoms with Gasteiger partial charge >= 0.3 is 5.97 Å². The summed E-state index contributed by atoms with van der Waals surface area (Å²) in [5, 5.41) is 2.50. The Bertz CT molecular complexity index is 748. The Hall–Kier alpha value is -2.69. The zero-order chi connectivity index (χ0) is 18.4. The fourth-order valence-electron chi connectivity index (χ4n) is 2.20. The van der Waals surface area contributed by atoms with Crippen molar-refractivity contribution in [2.24, 2.45) is 0 Å². The van der Waals surface area contributed by atoms with Crippen LogP contribution in [-0.2, 0) is 21.6 Å². The molecule has 0 unspecified atom stereocenters. The van der Waals surface area contributed by atoms with Gasteiger partial charge in [-0.1, -0.05) is 51.1 Å². The third-order valence-electron chi connectivity index (χ3n) is 3.75. The van der Waals surface area contributed by atoms with E-state index >= 15 is 0 Å². The summed E-state index contributed by atoms with van der Waals surface area (Å²) in [4.78, 5) is 23.7. The van der Waals surface area contributed by atoms with Gasteiger partial charge in [-0.15, -0.1) is 0 Å². The molecule has 0 saturated heterocycles. The average molecular weight is 343 g/mol. The fourth-order valence-corrected chi connectivity index (χ4v) is 2.20. The van der Waals surface area contributed by atoms with Crippen molar-refractivity contribution in [3.8, 4) is 0 Å². The molecule has 0 bridgehead atoms. The number of nitrogens with one attached hydrogen (secondary N) is 1. The lowest BCUT2D eigenvalue weighted by Gasteiger charge is -2.19. The van der Waals surface area contributed by atoms with Crippen molar-refractivity contribution in [2.75, 3.05) is 6.54 Å². The standard InChI is InChI=1S/C20H22FNO3/c1-20(2,3)16-10-8-14(9-11-16)19(24)22-12-18(23)25-13-15-6-4-5-7-17(15)21/h4-11H,12-13H2,1-3H3,(H,22,24). The molecule has 132 valence electrons. The number of hydrogen-bond acceptors (Lipinski definition) is 3. The molecule has 0 aromatic heterocycles. The minimum Gasteiger partial charge on any atom is -0.459 e. The van der Waals surface area contributed by atoms with E-state index in [4.69, 9.17) is 4.74 Å². The van der Waals surface area contributed by atoms with Crippen LogP contribution in [-0.4, -0.2) is 18.4 Å². The van der Waals surface area contributed by atoms with Crippen LogP contribution in [0.3, 0.4) is 0 Å². The van der Waals surface area contributed by atoms with Gasteiger partial charge in [0.2, 0.25) is 0 Å². The number of benzene rings is 2. The molecule has 25 heavy (non-hydrogen) atoms. The lowest BCUT2D eigenvalue weighted by molar-refractivity contribution is -0.143. The van der Waals surface area contributed by atoms with Crippen LogP contribution in [0.5, 0.6) is 0 Å². The molecule has 0 aliphatic rings. The highest BCUT2D eigenvalue weighted by Crippen LogP contribution is 2.22. The molecule has 0 saturated carbocycles. The quantitative estimate of drug-likeness (QED) is 0.844. The Morgan fingerprint density at radius 2 is 1.68 bits per heavy atom. The third kappa shape index (κ3) is 5.41. The first-order chi connectivity index (χ1) is 11.8. The molecule has 1 N–H and O–H groups in total. The minimum absolute atomic E-state index is 0.00548. The van der Waals surface area contributed by atoms with E-state index in [0.29, 0.717) is 11.1 Å². The van der Waals surface area contributed by atoms with Crippen molar-refractivity contribution in [1.82, 2.24) is 5.32 Å². The van der Waals surface area contributed by atoms with Crippen LogP contribution in [0.15, 0.2) is 48.5 Å². The summed E-state index contributed by atoms with van der Waals surface area (Å²) < 4.78 is 18.4. The summed E-state index contributed by atoms with van der Waals surface area (Å²) in [6.07, 6.45) is 0. The van der Waals surface area contributed by atoms with Crippen molar-refractivity contribution in [3.05, 3.63) is 71.0 Å². The molecule has 0 heterocycles. The number of carbonyl (C=O) groups is 2. The number of halogens is 1. The molecule has 5 heteroatoms. The van der Waals surface area contributed by atoms with Crippen LogP contribution >= 0.6 is 0 Å². The SMILES string of the molecule is CC(C)(C)c1ccc(C(=O)NCC(=O)OCc2ccccc2F)cc1. The van der Waals surface area contributed by atoms with E-state index < -0.39 is 11.8 Å². The maximum absolute atomic E-state index is 13.4. The average Bonchev–Trinajstić information content (AvgIpc) is 2.58. The first kappa shape index (κ1) is 18.6. The van der Waals surface area contributed by atoms with Gasteiger partial charge in [0.05, 0.1) is 0 Å². The number of esters is 1. The topological polar surface area (TPSA) is 55.4 Å². The van der Waals surface area contributed by atoms with Gasteiger partial charge in [-0.3, -0.25) is 9.59 Å². The summed E-state index contributed by atoms with van der Waals surface area (Å²) in [7, 11) is 0. The predicted molar refractivity (Wildman–Crippen MR) is 93.7 cm³/mol. The predicted octanol–water partition coefficient (Wildman–Crippen LogP) is 3.60. The number of ether oxygens (including phenoxy) is 1. The molecule has 2 aromatic carbocycles. The van der Waals surface area contributed by atoms with Crippen molar-refractivity contribution in [3.63, 3.8) is 0 Å². The van der Waals surface area contributed by atoms with Crippen LogP contribution in [0, 0.1) is 5.82 Å². The van der Waals surface area contributed by atoms with E-state index in [1.165, 1.54) is 12.1 Å². The molecular formula is C20H22FNO3. The molecule has 4 nitrogen and oxygen atoms in total. The van der Waals surface area contributed by atoms with E-state index in [1.54, 1.807) is 24.3 Å². The van der Waals surface area contributed by atoms with Gasteiger partial charge in [-0.25, -0.2) is 4.39 Å². The van der Waals surface area contributed by atoms with E-state index in [9.17, 15) is 14.0 Å². The summed E-state index contributed by atoms with van der Waals surface area (Å²) in [5.41, 5.74) is 1.88. The largest absolute Gasteiger partial charge is 0.459 e. The molecular weight excluding hydrogens is 321 g/mol. The second kappa shape index (κ2) is 7.92. The van der Waals surface area contributed by atoms with Crippen molar-refractivity contribution in [2.45, 2.75) is 32.8 Å². The van der Waals surface area contributed by atoms with Crippen LogP contribution in [0.1, 0.15) is 42.3 Å². The number of hydrogen-bond donors (Lipinski definition) is 1.